The summed E-state index contributed by atoms with van der Waals surface area (Å²) in [4.78, 5) is 11.1. The second-order valence-corrected chi connectivity index (χ2v) is 6.12. The second-order valence-electron chi connectivity index (χ2n) is 6.12. The van der Waals surface area contributed by atoms with Gasteiger partial charge in [0.25, 0.3) is 0 Å². The number of benzene rings is 3. The van der Waals surface area contributed by atoms with E-state index < -0.39 is 5.97 Å². The number of carboxylic acids is 1. The number of aryl methyl sites for hydroxylation is 1. The van der Waals surface area contributed by atoms with Gasteiger partial charge in [0.05, 0.1) is 5.56 Å². The summed E-state index contributed by atoms with van der Waals surface area (Å²) in [7, 11) is 0. The number of nitrogens with one attached hydrogen (secondary N) is 1. The number of aromatic carboxylic acids is 1. The largest absolute Gasteiger partial charge is 0.489 e. The lowest BCUT2D eigenvalue weighted by molar-refractivity contribution is 0.0697. The van der Waals surface area contributed by atoms with Crippen molar-refractivity contribution in [3.8, 4) is 5.75 Å². The molecule has 0 fully saturated rings. The Labute approximate surface area is 153 Å². The van der Waals surface area contributed by atoms with Crippen LogP contribution in [0.1, 0.15) is 27.0 Å². The van der Waals surface area contributed by atoms with Crippen LogP contribution < -0.4 is 10.1 Å². The highest BCUT2D eigenvalue weighted by atomic mass is 16.5. The van der Waals surface area contributed by atoms with Gasteiger partial charge in [-0.25, -0.2) is 4.79 Å². The number of para-hydroxylation sites is 1. The molecule has 0 atom stereocenters. The Morgan fingerprint density at radius 2 is 1.77 bits per heavy atom. The molecule has 0 spiro atoms. The van der Waals surface area contributed by atoms with Crippen molar-refractivity contribution in [3.63, 3.8) is 0 Å². The van der Waals surface area contributed by atoms with Gasteiger partial charge in [-0.15, -0.1) is 0 Å². The van der Waals surface area contributed by atoms with E-state index >= 15 is 0 Å². The molecular weight excluding hydrogens is 326 g/mol. The van der Waals surface area contributed by atoms with E-state index in [-0.39, 0.29) is 5.56 Å². The SMILES string of the molecule is Cc1ccc(COc2ccccc2CNc2cccc(C(=O)O)c2)cc1. The van der Waals surface area contributed by atoms with E-state index in [0.717, 1.165) is 22.6 Å². The van der Waals surface area contributed by atoms with Gasteiger partial charge in [-0.1, -0.05) is 54.1 Å². The third-order valence-electron chi connectivity index (χ3n) is 4.08. The van der Waals surface area contributed by atoms with Crippen LogP contribution in [0.3, 0.4) is 0 Å². The van der Waals surface area contributed by atoms with Crippen molar-refractivity contribution < 1.29 is 14.6 Å². The number of hydrogen-bond acceptors (Lipinski definition) is 3. The van der Waals surface area contributed by atoms with Crippen LogP contribution in [0.15, 0.2) is 72.8 Å². The first kappa shape index (κ1) is 17.5. The molecule has 0 bridgehead atoms. The van der Waals surface area contributed by atoms with Crippen LogP contribution in [0.25, 0.3) is 0 Å². The minimum atomic E-state index is -0.935. The molecule has 4 nitrogen and oxygen atoms in total. The smallest absolute Gasteiger partial charge is 0.335 e. The molecule has 4 heteroatoms. The Morgan fingerprint density at radius 1 is 1.00 bits per heavy atom. The summed E-state index contributed by atoms with van der Waals surface area (Å²) in [6, 6.07) is 22.9. The molecule has 0 aliphatic carbocycles. The number of carboxylic acid groups (broad SMARTS) is 1. The second kappa shape index (κ2) is 8.21. The molecule has 26 heavy (non-hydrogen) atoms. The highest BCUT2D eigenvalue weighted by Gasteiger charge is 2.06. The van der Waals surface area contributed by atoms with Crippen molar-refractivity contribution in [3.05, 3.63) is 95.1 Å². The predicted octanol–water partition coefficient (Wildman–Crippen LogP) is 4.88. The van der Waals surface area contributed by atoms with Gasteiger partial charge in [0.2, 0.25) is 0 Å². The van der Waals surface area contributed by atoms with Gasteiger partial charge in [0.15, 0.2) is 0 Å². The first-order chi connectivity index (χ1) is 12.6. The molecule has 3 aromatic carbocycles. The molecule has 2 N–H and O–H groups in total. The summed E-state index contributed by atoms with van der Waals surface area (Å²) >= 11 is 0. The fraction of sp³-hybridized carbons (Fsp3) is 0.136. The van der Waals surface area contributed by atoms with Crippen LogP contribution in [0.4, 0.5) is 5.69 Å². The Hall–Kier alpha value is -3.27. The fourth-order valence-corrected chi connectivity index (χ4v) is 2.60. The Morgan fingerprint density at radius 3 is 2.54 bits per heavy atom. The van der Waals surface area contributed by atoms with Gasteiger partial charge < -0.3 is 15.2 Å². The standard InChI is InChI=1S/C22H21NO3/c1-16-9-11-17(12-10-16)15-26-21-8-3-2-5-19(21)14-23-20-7-4-6-18(13-20)22(24)25/h2-13,23H,14-15H2,1H3,(H,24,25). The Bertz CT molecular complexity index is 888. The van der Waals surface area contributed by atoms with Crippen LogP contribution in [-0.4, -0.2) is 11.1 Å². The molecule has 3 aromatic rings. The van der Waals surface area contributed by atoms with Gasteiger partial charge in [0, 0.05) is 17.8 Å². The first-order valence-corrected chi connectivity index (χ1v) is 8.45. The molecule has 0 unspecified atom stereocenters. The highest BCUT2D eigenvalue weighted by Crippen LogP contribution is 2.21. The van der Waals surface area contributed by atoms with Gasteiger partial charge in [-0.3, -0.25) is 0 Å². The summed E-state index contributed by atoms with van der Waals surface area (Å²) in [6.45, 7) is 3.11. The first-order valence-electron chi connectivity index (χ1n) is 8.45. The van der Waals surface area contributed by atoms with Crippen LogP contribution in [-0.2, 0) is 13.2 Å². The van der Waals surface area contributed by atoms with Crippen molar-refractivity contribution in [2.24, 2.45) is 0 Å². The molecule has 0 saturated carbocycles. The van der Waals surface area contributed by atoms with E-state index in [0.29, 0.717) is 13.2 Å². The fourth-order valence-electron chi connectivity index (χ4n) is 2.60. The third kappa shape index (κ3) is 4.63. The summed E-state index contributed by atoms with van der Waals surface area (Å²) in [5, 5.41) is 12.3. The summed E-state index contributed by atoms with van der Waals surface area (Å²) in [6.07, 6.45) is 0. The Kier molecular flexibility index (Phi) is 5.54. The normalized spacial score (nSPS) is 10.3. The zero-order valence-electron chi connectivity index (χ0n) is 14.6. The molecule has 0 amide bonds. The molecule has 0 aromatic heterocycles. The zero-order chi connectivity index (χ0) is 18.4. The van der Waals surface area contributed by atoms with E-state index in [4.69, 9.17) is 9.84 Å². The molecule has 0 saturated heterocycles. The summed E-state index contributed by atoms with van der Waals surface area (Å²) in [5.74, 6) is -0.120. The maximum absolute atomic E-state index is 11.1. The number of ether oxygens (including phenoxy) is 1. The van der Waals surface area contributed by atoms with Crippen molar-refractivity contribution in [2.45, 2.75) is 20.1 Å². The number of hydrogen-bond donors (Lipinski definition) is 2. The highest BCUT2D eigenvalue weighted by molar-refractivity contribution is 5.88. The third-order valence-corrected chi connectivity index (χ3v) is 4.08. The van der Waals surface area contributed by atoms with Crippen molar-refractivity contribution in [2.75, 3.05) is 5.32 Å². The number of carbonyl (C=O) groups is 1. The average molecular weight is 347 g/mol. The predicted molar refractivity (Wildman–Crippen MR) is 103 cm³/mol. The van der Waals surface area contributed by atoms with Crippen LogP contribution in [0.2, 0.25) is 0 Å². The van der Waals surface area contributed by atoms with Gasteiger partial charge in [-0.05, 0) is 36.8 Å². The number of anilines is 1. The van der Waals surface area contributed by atoms with Gasteiger partial charge in [0.1, 0.15) is 12.4 Å². The summed E-state index contributed by atoms with van der Waals surface area (Å²) in [5.41, 5.74) is 4.38. The molecule has 0 radical (unpaired) electrons. The molecule has 0 heterocycles. The Balaban J connectivity index is 1.66. The number of rotatable bonds is 7. The van der Waals surface area contributed by atoms with E-state index in [1.807, 2.05) is 30.3 Å². The van der Waals surface area contributed by atoms with Crippen LogP contribution >= 0.6 is 0 Å². The molecule has 0 aliphatic heterocycles. The molecular formula is C22H21NO3. The van der Waals surface area contributed by atoms with Crippen LogP contribution in [0, 0.1) is 6.92 Å². The maximum Gasteiger partial charge on any atom is 0.335 e. The monoisotopic (exact) mass is 347 g/mol. The van der Waals surface area contributed by atoms with E-state index in [2.05, 4.69) is 36.5 Å². The quantitative estimate of drug-likeness (QED) is 0.639. The lowest BCUT2D eigenvalue weighted by Gasteiger charge is -2.13. The summed E-state index contributed by atoms with van der Waals surface area (Å²) < 4.78 is 5.98. The topological polar surface area (TPSA) is 58.6 Å². The zero-order valence-corrected chi connectivity index (χ0v) is 14.6. The van der Waals surface area contributed by atoms with Gasteiger partial charge >= 0.3 is 5.97 Å². The van der Waals surface area contributed by atoms with E-state index in [9.17, 15) is 4.79 Å². The minimum absolute atomic E-state index is 0.263. The lowest BCUT2D eigenvalue weighted by Crippen LogP contribution is -2.04. The van der Waals surface area contributed by atoms with E-state index in [1.165, 1.54) is 5.56 Å². The lowest BCUT2D eigenvalue weighted by atomic mass is 10.1. The molecule has 0 aliphatic rings. The van der Waals surface area contributed by atoms with Crippen LogP contribution in [0.5, 0.6) is 5.75 Å². The maximum atomic E-state index is 11.1. The van der Waals surface area contributed by atoms with Crippen molar-refractivity contribution >= 4 is 11.7 Å². The molecule has 3 rings (SSSR count). The van der Waals surface area contributed by atoms with Crippen molar-refractivity contribution in [1.82, 2.24) is 0 Å². The van der Waals surface area contributed by atoms with E-state index in [1.54, 1.807) is 18.2 Å². The average Bonchev–Trinajstić information content (AvgIpc) is 2.67. The molecule has 132 valence electrons. The van der Waals surface area contributed by atoms with Gasteiger partial charge in [-0.2, -0.15) is 0 Å². The van der Waals surface area contributed by atoms with Crippen molar-refractivity contribution in [1.29, 1.82) is 0 Å². The minimum Gasteiger partial charge on any atom is -0.489 e.